The SMILES string of the molecule is COC(=O)c1ccc(O)c(OC)c1.COC(=O)c1ccc(O)c(OC)c1. The van der Waals surface area contributed by atoms with Crippen molar-refractivity contribution in [2.45, 2.75) is 0 Å². The first-order valence-corrected chi connectivity index (χ1v) is 7.28. The molecule has 2 aromatic carbocycles. The monoisotopic (exact) mass is 364 g/mol. The van der Waals surface area contributed by atoms with Crippen molar-refractivity contribution in [2.75, 3.05) is 28.4 Å². The van der Waals surface area contributed by atoms with Crippen molar-refractivity contribution >= 4 is 11.9 Å². The Morgan fingerprint density at radius 2 is 1.04 bits per heavy atom. The van der Waals surface area contributed by atoms with Crippen LogP contribution in [-0.2, 0) is 9.47 Å². The van der Waals surface area contributed by atoms with Crippen LogP contribution >= 0.6 is 0 Å². The Morgan fingerprint density at radius 3 is 1.31 bits per heavy atom. The molecule has 0 unspecified atom stereocenters. The Labute approximate surface area is 150 Å². The normalized spacial score (nSPS) is 9.38. The van der Waals surface area contributed by atoms with Crippen LogP contribution in [0.2, 0.25) is 0 Å². The lowest BCUT2D eigenvalue weighted by molar-refractivity contribution is 0.0591. The van der Waals surface area contributed by atoms with E-state index in [-0.39, 0.29) is 23.0 Å². The van der Waals surface area contributed by atoms with Gasteiger partial charge in [-0.05, 0) is 36.4 Å². The smallest absolute Gasteiger partial charge is 0.337 e. The Balaban J connectivity index is 0.000000260. The number of carbonyl (C=O) groups excluding carboxylic acids is 2. The second-order valence-electron chi connectivity index (χ2n) is 4.76. The van der Waals surface area contributed by atoms with Crippen LogP contribution in [-0.4, -0.2) is 50.6 Å². The zero-order chi connectivity index (χ0) is 19.7. The van der Waals surface area contributed by atoms with Gasteiger partial charge in [0.05, 0.1) is 39.6 Å². The minimum atomic E-state index is -0.460. The lowest BCUT2D eigenvalue weighted by atomic mass is 10.2. The number of aromatic hydroxyl groups is 2. The number of hydrogen-bond acceptors (Lipinski definition) is 8. The van der Waals surface area contributed by atoms with E-state index in [2.05, 4.69) is 9.47 Å². The molecule has 0 bridgehead atoms. The molecule has 2 rings (SSSR count). The van der Waals surface area contributed by atoms with Gasteiger partial charge in [0.25, 0.3) is 0 Å². The van der Waals surface area contributed by atoms with Gasteiger partial charge in [-0.2, -0.15) is 0 Å². The summed E-state index contributed by atoms with van der Waals surface area (Å²) in [5.74, 6) is -0.423. The van der Waals surface area contributed by atoms with Gasteiger partial charge in [0.2, 0.25) is 0 Å². The first kappa shape index (κ1) is 20.6. The zero-order valence-corrected chi connectivity index (χ0v) is 14.8. The Morgan fingerprint density at radius 1 is 0.692 bits per heavy atom. The van der Waals surface area contributed by atoms with Gasteiger partial charge in [-0.1, -0.05) is 0 Å². The number of benzene rings is 2. The van der Waals surface area contributed by atoms with E-state index in [1.807, 2.05) is 0 Å². The highest BCUT2D eigenvalue weighted by Crippen LogP contribution is 2.27. The van der Waals surface area contributed by atoms with Gasteiger partial charge in [0.1, 0.15) is 0 Å². The van der Waals surface area contributed by atoms with Crippen molar-refractivity contribution in [2.24, 2.45) is 0 Å². The summed E-state index contributed by atoms with van der Waals surface area (Å²) in [7, 11) is 5.41. The fourth-order valence-electron chi connectivity index (χ4n) is 1.84. The fraction of sp³-hybridized carbons (Fsp3) is 0.222. The number of rotatable bonds is 4. The summed E-state index contributed by atoms with van der Waals surface area (Å²) < 4.78 is 18.6. The lowest BCUT2D eigenvalue weighted by Gasteiger charge is -2.04. The highest BCUT2D eigenvalue weighted by atomic mass is 16.5. The highest BCUT2D eigenvalue weighted by Gasteiger charge is 2.09. The quantitative estimate of drug-likeness (QED) is 0.796. The molecule has 0 aliphatic carbocycles. The molecule has 8 heteroatoms. The zero-order valence-electron chi connectivity index (χ0n) is 14.8. The van der Waals surface area contributed by atoms with Gasteiger partial charge in [-0.25, -0.2) is 9.59 Å². The lowest BCUT2D eigenvalue weighted by Crippen LogP contribution is -2.01. The van der Waals surface area contributed by atoms with E-state index in [0.717, 1.165) is 0 Å². The minimum absolute atomic E-state index is 0.00449. The predicted octanol–water partition coefficient (Wildman–Crippen LogP) is 2.37. The average molecular weight is 364 g/mol. The van der Waals surface area contributed by atoms with Crippen molar-refractivity contribution in [3.05, 3.63) is 47.5 Å². The Bertz CT molecular complexity index is 704. The number of carbonyl (C=O) groups is 2. The van der Waals surface area contributed by atoms with Crippen molar-refractivity contribution in [3.8, 4) is 23.0 Å². The van der Waals surface area contributed by atoms with Gasteiger partial charge in [-0.15, -0.1) is 0 Å². The molecule has 0 heterocycles. The molecule has 2 N–H and O–H groups in total. The second-order valence-corrected chi connectivity index (χ2v) is 4.76. The van der Waals surface area contributed by atoms with Gasteiger partial charge in [0.15, 0.2) is 23.0 Å². The molecule has 0 aliphatic heterocycles. The number of phenols is 2. The summed E-state index contributed by atoms with van der Waals surface area (Å²) in [6.45, 7) is 0. The number of hydrogen-bond donors (Lipinski definition) is 2. The Kier molecular flexibility index (Phi) is 7.75. The van der Waals surface area contributed by atoms with Crippen molar-refractivity contribution in [3.63, 3.8) is 0 Å². The van der Waals surface area contributed by atoms with Crippen molar-refractivity contribution < 1.29 is 38.7 Å². The topological polar surface area (TPSA) is 112 Å². The summed E-state index contributed by atoms with van der Waals surface area (Å²) in [6, 6.07) is 8.52. The Hall–Kier alpha value is -3.42. The molecule has 0 atom stereocenters. The molecule has 0 aromatic heterocycles. The van der Waals surface area contributed by atoms with Crippen LogP contribution in [0.1, 0.15) is 20.7 Å². The van der Waals surface area contributed by atoms with Gasteiger partial charge in [-0.3, -0.25) is 0 Å². The van der Waals surface area contributed by atoms with Crippen molar-refractivity contribution in [1.29, 1.82) is 0 Å². The van der Waals surface area contributed by atoms with E-state index in [4.69, 9.17) is 9.47 Å². The molecule has 140 valence electrons. The van der Waals surface area contributed by atoms with E-state index >= 15 is 0 Å². The van der Waals surface area contributed by atoms with Gasteiger partial charge in [0, 0.05) is 0 Å². The maximum atomic E-state index is 11.0. The van der Waals surface area contributed by atoms with Crippen molar-refractivity contribution in [1.82, 2.24) is 0 Å². The van der Waals surface area contributed by atoms with Crippen LogP contribution < -0.4 is 9.47 Å². The summed E-state index contributed by atoms with van der Waals surface area (Å²) in [5.41, 5.74) is 0.689. The van der Waals surface area contributed by atoms with E-state index in [9.17, 15) is 19.8 Å². The highest BCUT2D eigenvalue weighted by molar-refractivity contribution is 5.90. The van der Waals surface area contributed by atoms with Crippen LogP contribution in [0, 0.1) is 0 Å². The van der Waals surface area contributed by atoms with Crippen LogP contribution in [0.4, 0.5) is 0 Å². The molecule has 2 aromatic rings. The molecule has 0 aliphatic rings. The summed E-state index contributed by atoms with van der Waals surface area (Å²) in [4.78, 5) is 22.1. The average Bonchev–Trinajstić information content (AvgIpc) is 2.68. The minimum Gasteiger partial charge on any atom is -0.504 e. The number of ether oxygens (including phenoxy) is 4. The summed E-state index contributed by atoms with van der Waals surface area (Å²) in [5, 5.41) is 18.4. The molecule has 8 nitrogen and oxygen atoms in total. The molecule has 0 fully saturated rings. The molecule has 0 amide bonds. The number of esters is 2. The molecule has 26 heavy (non-hydrogen) atoms. The molecule has 0 spiro atoms. The van der Waals surface area contributed by atoms with E-state index in [0.29, 0.717) is 11.1 Å². The third kappa shape index (κ3) is 5.30. The maximum Gasteiger partial charge on any atom is 0.337 e. The molecule has 0 saturated carbocycles. The molecule has 0 radical (unpaired) electrons. The largest absolute Gasteiger partial charge is 0.504 e. The summed E-state index contributed by atoms with van der Waals surface area (Å²) >= 11 is 0. The van der Waals surface area contributed by atoms with E-state index in [1.54, 1.807) is 0 Å². The predicted molar refractivity (Wildman–Crippen MR) is 92.0 cm³/mol. The third-order valence-electron chi connectivity index (χ3n) is 3.20. The van der Waals surface area contributed by atoms with Crippen LogP contribution in [0.15, 0.2) is 36.4 Å². The first-order valence-electron chi connectivity index (χ1n) is 7.28. The second kappa shape index (κ2) is 9.77. The summed E-state index contributed by atoms with van der Waals surface area (Å²) in [6.07, 6.45) is 0. The van der Waals surface area contributed by atoms with E-state index < -0.39 is 11.9 Å². The standard InChI is InChI=1S/2C9H10O4/c2*1-12-8-5-6(9(11)13-2)3-4-7(8)10/h2*3-5,10H,1-2H3. The van der Waals surface area contributed by atoms with Crippen LogP contribution in [0.3, 0.4) is 0 Å². The number of phenolic OH excluding ortho intramolecular Hbond substituents is 2. The van der Waals surface area contributed by atoms with Crippen LogP contribution in [0.25, 0.3) is 0 Å². The first-order chi connectivity index (χ1) is 12.4. The molecule has 0 saturated heterocycles. The van der Waals surface area contributed by atoms with Gasteiger partial charge < -0.3 is 29.2 Å². The number of methoxy groups -OCH3 is 4. The third-order valence-corrected chi connectivity index (χ3v) is 3.20. The molecular formula is C18H20O8. The maximum absolute atomic E-state index is 11.0. The van der Waals surface area contributed by atoms with Gasteiger partial charge >= 0.3 is 11.9 Å². The molecular weight excluding hydrogens is 344 g/mol. The van der Waals surface area contributed by atoms with E-state index in [1.165, 1.54) is 64.8 Å². The fourth-order valence-corrected chi connectivity index (χ4v) is 1.84. The van der Waals surface area contributed by atoms with Crippen LogP contribution in [0.5, 0.6) is 23.0 Å².